The summed E-state index contributed by atoms with van der Waals surface area (Å²) >= 11 is 5.34. The van der Waals surface area contributed by atoms with E-state index in [1.54, 1.807) is 31.3 Å². The van der Waals surface area contributed by atoms with E-state index < -0.39 is 0 Å². The van der Waals surface area contributed by atoms with Gasteiger partial charge in [-0.1, -0.05) is 6.07 Å². The lowest BCUT2D eigenvalue weighted by Crippen LogP contribution is -2.18. The average molecular weight is 227 g/mol. The number of rotatable bonds is 3. The van der Waals surface area contributed by atoms with Crippen LogP contribution in [0.4, 0.5) is 5.69 Å². The zero-order valence-corrected chi connectivity index (χ0v) is 8.97. The molecule has 0 bridgehead atoms. The van der Waals surface area contributed by atoms with Crippen LogP contribution in [0.25, 0.3) is 0 Å². The van der Waals surface area contributed by atoms with E-state index in [2.05, 4.69) is 10.6 Å². The van der Waals surface area contributed by atoms with Gasteiger partial charge in [0.05, 0.1) is 0 Å². The maximum absolute atomic E-state index is 11.3. The lowest BCUT2D eigenvalue weighted by Gasteiger charge is -2.05. The van der Waals surface area contributed by atoms with E-state index in [9.17, 15) is 9.59 Å². The zero-order valence-electron chi connectivity index (χ0n) is 8.21. The first-order valence-corrected chi connectivity index (χ1v) is 4.88. The van der Waals surface area contributed by atoms with Crippen molar-refractivity contribution in [1.82, 2.24) is 5.32 Å². The number of amides is 2. The van der Waals surface area contributed by atoms with Crippen molar-refractivity contribution in [2.45, 2.75) is 0 Å². The third-order valence-electron chi connectivity index (χ3n) is 1.76. The Kier molecular flexibility index (Phi) is 4.12. The monoisotopic (exact) mass is 226 g/mol. The maximum atomic E-state index is 11.3. The summed E-state index contributed by atoms with van der Waals surface area (Å²) in [5.41, 5.74) is 1.05. The van der Waals surface area contributed by atoms with Gasteiger partial charge in [-0.25, -0.2) is 0 Å². The summed E-state index contributed by atoms with van der Waals surface area (Å²) in [5.74, 6) is -0.604. The minimum Gasteiger partial charge on any atom is -0.355 e. The molecule has 0 aliphatic heterocycles. The summed E-state index contributed by atoms with van der Waals surface area (Å²) in [5, 5.41) is 5.06. The molecule has 15 heavy (non-hydrogen) atoms. The van der Waals surface area contributed by atoms with Gasteiger partial charge in [0.2, 0.25) is 5.91 Å². The Hall–Kier alpha value is -1.55. The van der Waals surface area contributed by atoms with Crippen LogP contribution in [0.1, 0.15) is 10.4 Å². The molecule has 1 aromatic carbocycles. The first kappa shape index (κ1) is 11.5. The maximum Gasteiger partial charge on any atom is 0.251 e. The number of carbonyl (C=O) groups is 2. The molecule has 0 saturated heterocycles. The largest absolute Gasteiger partial charge is 0.355 e. The molecular weight excluding hydrogens is 216 g/mol. The molecule has 0 spiro atoms. The van der Waals surface area contributed by atoms with Crippen LogP contribution in [0.3, 0.4) is 0 Å². The summed E-state index contributed by atoms with van der Waals surface area (Å²) in [6.07, 6.45) is 0. The minimum absolute atomic E-state index is 0.107. The fraction of sp³-hybridized carbons (Fsp3) is 0.200. The van der Waals surface area contributed by atoms with Crippen molar-refractivity contribution < 1.29 is 9.59 Å². The molecule has 4 nitrogen and oxygen atoms in total. The molecule has 0 saturated carbocycles. The van der Waals surface area contributed by atoms with Crippen LogP contribution in [0.5, 0.6) is 0 Å². The Morgan fingerprint density at radius 1 is 1.40 bits per heavy atom. The Balaban J connectivity index is 2.83. The van der Waals surface area contributed by atoms with Crippen molar-refractivity contribution in [3.63, 3.8) is 0 Å². The van der Waals surface area contributed by atoms with Crippen LogP contribution in [0.2, 0.25) is 0 Å². The molecule has 0 aromatic heterocycles. The number of halogens is 1. The third-order valence-corrected chi connectivity index (χ3v) is 2.00. The standard InChI is InChI=1S/C10H11ClN2O2/c1-12-10(15)7-3-2-4-8(5-7)13-9(14)6-11/h2-5H,6H2,1H3,(H,12,15)(H,13,14). The molecule has 0 radical (unpaired) electrons. The molecule has 0 atom stereocenters. The van der Waals surface area contributed by atoms with Gasteiger partial charge in [0.15, 0.2) is 0 Å². The van der Waals surface area contributed by atoms with Gasteiger partial charge < -0.3 is 10.6 Å². The second-order valence-corrected chi connectivity index (χ2v) is 3.11. The Morgan fingerprint density at radius 2 is 2.13 bits per heavy atom. The molecular formula is C10H11ClN2O2. The van der Waals surface area contributed by atoms with E-state index in [4.69, 9.17) is 11.6 Å². The van der Waals surface area contributed by atoms with E-state index in [-0.39, 0.29) is 17.7 Å². The molecule has 0 heterocycles. The average Bonchev–Trinajstić information content (AvgIpc) is 2.28. The van der Waals surface area contributed by atoms with Gasteiger partial charge in [-0.3, -0.25) is 9.59 Å². The smallest absolute Gasteiger partial charge is 0.251 e. The number of benzene rings is 1. The van der Waals surface area contributed by atoms with Gasteiger partial charge in [-0.2, -0.15) is 0 Å². The number of hydrogen-bond acceptors (Lipinski definition) is 2. The molecule has 0 fully saturated rings. The minimum atomic E-state index is -0.300. The van der Waals surface area contributed by atoms with Gasteiger partial charge in [0.1, 0.15) is 5.88 Å². The molecule has 5 heteroatoms. The highest BCUT2D eigenvalue weighted by atomic mass is 35.5. The summed E-state index contributed by atoms with van der Waals surface area (Å²) in [6, 6.07) is 6.63. The second-order valence-electron chi connectivity index (χ2n) is 2.84. The van der Waals surface area contributed by atoms with E-state index in [0.29, 0.717) is 11.3 Å². The molecule has 0 aliphatic carbocycles. The van der Waals surface area contributed by atoms with Crippen LogP contribution in [-0.2, 0) is 4.79 Å². The predicted octanol–water partition coefficient (Wildman–Crippen LogP) is 1.22. The molecule has 0 aliphatic rings. The van der Waals surface area contributed by atoms with Crippen LogP contribution in [0.15, 0.2) is 24.3 Å². The zero-order chi connectivity index (χ0) is 11.3. The number of alkyl halides is 1. The lowest BCUT2D eigenvalue weighted by atomic mass is 10.2. The highest BCUT2D eigenvalue weighted by molar-refractivity contribution is 6.29. The van der Waals surface area contributed by atoms with Gasteiger partial charge in [0, 0.05) is 18.3 Å². The first-order valence-electron chi connectivity index (χ1n) is 4.35. The summed E-state index contributed by atoms with van der Waals surface area (Å²) in [7, 11) is 1.55. The fourth-order valence-corrected chi connectivity index (χ4v) is 1.14. The Labute approximate surface area is 92.6 Å². The van der Waals surface area contributed by atoms with Crippen molar-refractivity contribution in [1.29, 1.82) is 0 Å². The highest BCUT2D eigenvalue weighted by Crippen LogP contribution is 2.10. The number of anilines is 1. The number of carbonyl (C=O) groups excluding carboxylic acids is 2. The summed E-state index contributed by atoms with van der Waals surface area (Å²) in [6.45, 7) is 0. The highest BCUT2D eigenvalue weighted by Gasteiger charge is 2.05. The quantitative estimate of drug-likeness (QED) is 0.762. The summed E-state index contributed by atoms with van der Waals surface area (Å²) in [4.78, 5) is 22.3. The fourth-order valence-electron chi connectivity index (χ4n) is 1.08. The van der Waals surface area contributed by atoms with Crippen molar-refractivity contribution >= 4 is 29.1 Å². The number of nitrogens with one attached hydrogen (secondary N) is 2. The molecule has 2 amide bonds. The Bertz CT molecular complexity index is 379. The molecule has 2 N–H and O–H groups in total. The molecule has 0 unspecified atom stereocenters. The van der Waals surface area contributed by atoms with Crippen molar-refractivity contribution in [2.24, 2.45) is 0 Å². The third kappa shape index (κ3) is 3.25. The second kappa shape index (κ2) is 5.36. The lowest BCUT2D eigenvalue weighted by molar-refractivity contribution is -0.113. The van der Waals surface area contributed by atoms with E-state index in [0.717, 1.165) is 0 Å². The normalized spacial score (nSPS) is 9.47. The van der Waals surface area contributed by atoms with Crippen LogP contribution < -0.4 is 10.6 Å². The molecule has 1 aromatic rings. The summed E-state index contributed by atoms with van der Waals surface area (Å²) < 4.78 is 0. The number of hydrogen-bond donors (Lipinski definition) is 2. The van der Waals surface area contributed by atoms with Crippen LogP contribution in [-0.4, -0.2) is 24.7 Å². The van der Waals surface area contributed by atoms with Gasteiger partial charge >= 0.3 is 0 Å². The van der Waals surface area contributed by atoms with Gasteiger partial charge in [0.25, 0.3) is 5.91 Å². The molecule has 80 valence electrons. The predicted molar refractivity (Wildman–Crippen MR) is 59.2 cm³/mol. The van der Waals surface area contributed by atoms with E-state index in [1.807, 2.05) is 0 Å². The van der Waals surface area contributed by atoms with E-state index >= 15 is 0 Å². The Morgan fingerprint density at radius 3 is 2.73 bits per heavy atom. The van der Waals surface area contributed by atoms with Crippen LogP contribution >= 0.6 is 11.6 Å². The van der Waals surface area contributed by atoms with Crippen molar-refractivity contribution in [3.05, 3.63) is 29.8 Å². The topological polar surface area (TPSA) is 58.2 Å². The van der Waals surface area contributed by atoms with Crippen molar-refractivity contribution in [2.75, 3.05) is 18.2 Å². The SMILES string of the molecule is CNC(=O)c1cccc(NC(=O)CCl)c1. The van der Waals surface area contributed by atoms with Gasteiger partial charge in [-0.05, 0) is 18.2 Å². The molecule has 1 rings (SSSR count). The van der Waals surface area contributed by atoms with Crippen molar-refractivity contribution in [3.8, 4) is 0 Å². The van der Waals surface area contributed by atoms with Crippen LogP contribution in [0, 0.1) is 0 Å². The van der Waals surface area contributed by atoms with Gasteiger partial charge in [-0.15, -0.1) is 11.6 Å². The van der Waals surface area contributed by atoms with E-state index in [1.165, 1.54) is 0 Å². The first-order chi connectivity index (χ1) is 7.17.